The van der Waals surface area contributed by atoms with Crippen molar-refractivity contribution >= 4 is 22.6 Å². The summed E-state index contributed by atoms with van der Waals surface area (Å²) in [5.41, 5.74) is 8.46. The van der Waals surface area contributed by atoms with Gasteiger partial charge in [-0.05, 0) is 38.4 Å². The van der Waals surface area contributed by atoms with Gasteiger partial charge in [-0.25, -0.2) is 13.9 Å². The van der Waals surface area contributed by atoms with Crippen molar-refractivity contribution in [3.63, 3.8) is 0 Å². The van der Waals surface area contributed by atoms with Crippen LogP contribution in [0.1, 0.15) is 42.1 Å². The molecule has 1 aliphatic rings. The minimum Gasteiger partial charge on any atom is -0.366 e. The van der Waals surface area contributed by atoms with Gasteiger partial charge in [0, 0.05) is 23.2 Å². The summed E-state index contributed by atoms with van der Waals surface area (Å²) in [5, 5.41) is 6.58. The lowest BCUT2D eigenvalue weighted by atomic mass is 9.72. The Kier molecular flexibility index (Phi) is 3.35. The fourth-order valence-corrected chi connectivity index (χ4v) is 3.97. The number of halogens is 1. The zero-order chi connectivity index (χ0) is 16.9. The van der Waals surface area contributed by atoms with Gasteiger partial charge in [-0.2, -0.15) is 0 Å². The number of aromatic amines is 1. The van der Waals surface area contributed by atoms with Crippen molar-refractivity contribution in [3.05, 3.63) is 35.3 Å². The number of rotatable bonds is 3. The number of H-pyrrole nitrogens is 1. The molecule has 126 valence electrons. The molecule has 2 aromatic heterocycles. The highest BCUT2D eigenvalue weighted by Gasteiger charge is 2.35. The molecule has 1 amide bonds. The Bertz CT molecular complexity index is 935. The monoisotopic (exact) mass is 329 g/mol. The molecule has 0 unspecified atom stereocenters. The molecule has 24 heavy (non-hydrogen) atoms. The van der Waals surface area contributed by atoms with Crippen molar-refractivity contribution in [3.8, 4) is 0 Å². The number of fused-ring (bicyclic) bond motifs is 3. The number of hydrogen-bond acceptors (Lipinski definition) is 3. The van der Waals surface area contributed by atoms with Crippen LogP contribution in [0.5, 0.6) is 0 Å². The highest BCUT2D eigenvalue weighted by atomic mass is 19.1. The quantitative estimate of drug-likeness (QED) is 0.687. The summed E-state index contributed by atoms with van der Waals surface area (Å²) >= 11 is 0. The number of aromatic nitrogens is 3. The van der Waals surface area contributed by atoms with Crippen LogP contribution in [-0.4, -0.2) is 33.6 Å². The van der Waals surface area contributed by atoms with E-state index in [9.17, 15) is 9.18 Å². The van der Waals surface area contributed by atoms with Crippen LogP contribution in [-0.2, 0) is 5.41 Å². The first-order chi connectivity index (χ1) is 11.6. The number of imidazole rings is 1. The summed E-state index contributed by atoms with van der Waals surface area (Å²) in [6.45, 7) is 4.12. The average Bonchev–Trinajstić information content (AvgIpc) is 3.13. The lowest BCUT2D eigenvalue weighted by Gasteiger charge is -2.36. The predicted molar refractivity (Wildman–Crippen MR) is 89.6 cm³/mol. The molecule has 4 N–H and O–H groups in total. The molecule has 4 rings (SSSR count). The number of nitrogens with zero attached hydrogens (tertiary/aromatic N) is 2. The second-order valence-electron chi connectivity index (χ2n) is 6.53. The number of piperidine rings is 1. The Morgan fingerprint density at radius 2 is 2.17 bits per heavy atom. The van der Waals surface area contributed by atoms with Gasteiger partial charge >= 0.3 is 0 Å². The molecule has 0 spiro atoms. The maximum atomic E-state index is 13.8. The van der Waals surface area contributed by atoms with E-state index in [4.69, 9.17) is 5.73 Å². The second kappa shape index (κ2) is 5.31. The van der Waals surface area contributed by atoms with E-state index < -0.39 is 11.7 Å². The Balaban J connectivity index is 2.00. The van der Waals surface area contributed by atoms with E-state index in [1.54, 1.807) is 4.52 Å². The van der Waals surface area contributed by atoms with Crippen molar-refractivity contribution in [2.24, 2.45) is 5.73 Å². The van der Waals surface area contributed by atoms with E-state index in [0.29, 0.717) is 11.0 Å². The van der Waals surface area contributed by atoms with Crippen LogP contribution in [0.15, 0.2) is 18.3 Å². The third-order valence-corrected chi connectivity index (χ3v) is 5.37. The molecular weight excluding hydrogens is 309 g/mol. The van der Waals surface area contributed by atoms with Gasteiger partial charge in [0.05, 0.1) is 11.1 Å². The summed E-state index contributed by atoms with van der Waals surface area (Å²) in [6, 6.07) is 2.51. The van der Waals surface area contributed by atoms with Gasteiger partial charge in [0.25, 0.3) is 5.91 Å². The molecular formula is C17H20FN5O. The van der Waals surface area contributed by atoms with Gasteiger partial charge < -0.3 is 11.1 Å². The van der Waals surface area contributed by atoms with E-state index in [-0.39, 0.29) is 11.0 Å². The SMILES string of the molecule is CCC1(c2c[nH]n3c2nc2cc(F)cc(C(N)=O)c23)CCNCC1. The number of amides is 1. The average molecular weight is 329 g/mol. The first kappa shape index (κ1) is 15.1. The largest absolute Gasteiger partial charge is 0.366 e. The number of nitrogens with one attached hydrogen (secondary N) is 2. The van der Waals surface area contributed by atoms with Crippen molar-refractivity contribution in [1.29, 1.82) is 0 Å². The molecule has 1 fully saturated rings. The number of hydrogen-bond donors (Lipinski definition) is 3. The van der Waals surface area contributed by atoms with Crippen molar-refractivity contribution in [2.45, 2.75) is 31.6 Å². The molecule has 3 aromatic rings. The number of carbonyl (C=O) groups excluding carboxylic acids is 1. The van der Waals surface area contributed by atoms with Crippen LogP contribution < -0.4 is 11.1 Å². The molecule has 6 nitrogen and oxygen atoms in total. The number of nitrogens with two attached hydrogens (primary N) is 1. The van der Waals surface area contributed by atoms with Gasteiger partial charge in [-0.3, -0.25) is 9.89 Å². The van der Waals surface area contributed by atoms with Crippen LogP contribution in [0.4, 0.5) is 4.39 Å². The second-order valence-corrected chi connectivity index (χ2v) is 6.53. The van der Waals surface area contributed by atoms with Crippen LogP contribution >= 0.6 is 0 Å². The zero-order valence-electron chi connectivity index (χ0n) is 13.5. The van der Waals surface area contributed by atoms with Gasteiger partial charge in [-0.15, -0.1) is 0 Å². The van der Waals surface area contributed by atoms with Gasteiger partial charge in [-0.1, -0.05) is 6.92 Å². The molecule has 0 bridgehead atoms. The molecule has 1 saturated heterocycles. The number of primary amides is 1. The summed E-state index contributed by atoms with van der Waals surface area (Å²) in [6.07, 6.45) is 5.02. The third kappa shape index (κ3) is 2.04. The van der Waals surface area contributed by atoms with E-state index in [0.717, 1.165) is 43.6 Å². The van der Waals surface area contributed by atoms with E-state index >= 15 is 0 Å². The standard InChI is InChI=1S/C17H20FN5O/c1-2-17(3-5-20-6-4-17)12-9-21-23-14-11(15(19)24)7-10(18)8-13(14)22-16(12)23/h7-9,20-21H,2-6H2,1H3,(H2,19,24). The van der Waals surface area contributed by atoms with E-state index in [1.165, 1.54) is 12.1 Å². The van der Waals surface area contributed by atoms with Gasteiger partial charge in [0.15, 0.2) is 5.65 Å². The summed E-state index contributed by atoms with van der Waals surface area (Å²) in [4.78, 5) is 16.3. The van der Waals surface area contributed by atoms with E-state index in [1.807, 2.05) is 6.20 Å². The molecule has 0 aliphatic carbocycles. The van der Waals surface area contributed by atoms with Crippen LogP contribution in [0, 0.1) is 5.82 Å². The number of benzene rings is 1. The van der Waals surface area contributed by atoms with Gasteiger partial charge in [0.2, 0.25) is 0 Å². The fraction of sp³-hybridized carbons (Fsp3) is 0.412. The number of carbonyl (C=O) groups is 1. The zero-order valence-corrected chi connectivity index (χ0v) is 13.5. The first-order valence-electron chi connectivity index (χ1n) is 8.26. The fourth-order valence-electron chi connectivity index (χ4n) is 3.97. The molecule has 0 saturated carbocycles. The maximum Gasteiger partial charge on any atom is 0.251 e. The van der Waals surface area contributed by atoms with E-state index in [2.05, 4.69) is 22.3 Å². The lowest BCUT2D eigenvalue weighted by molar-refractivity contribution is 0.100. The maximum absolute atomic E-state index is 13.8. The van der Waals surface area contributed by atoms with Crippen molar-refractivity contribution in [1.82, 2.24) is 19.9 Å². The first-order valence-corrected chi connectivity index (χ1v) is 8.26. The summed E-state index contributed by atoms with van der Waals surface area (Å²) < 4.78 is 15.6. The molecule has 3 heterocycles. The predicted octanol–water partition coefficient (Wildman–Crippen LogP) is 2.08. The summed E-state index contributed by atoms with van der Waals surface area (Å²) in [7, 11) is 0. The molecule has 0 radical (unpaired) electrons. The molecule has 1 aromatic carbocycles. The topological polar surface area (TPSA) is 88.2 Å². The lowest BCUT2D eigenvalue weighted by Crippen LogP contribution is -2.39. The van der Waals surface area contributed by atoms with Crippen molar-refractivity contribution in [2.75, 3.05) is 13.1 Å². The highest BCUT2D eigenvalue weighted by Crippen LogP contribution is 2.39. The Morgan fingerprint density at radius 3 is 2.83 bits per heavy atom. The van der Waals surface area contributed by atoms with Gasteiger partial charge in [0.1, 0.15) is 11.3 Å². The minimum atomic E-state index is -0.662. The third-order valence-electron chi connectivity index (χ3n) is 5.37. The Labute approximate surface area is 138 Å². The molecule has 0 atom stereocenters. The molecule has 1 aliphatic heterocycles. The van der Waals surface area contributed by atoms with Crippen LogP contribution in [0.2, 0.25) is 0 Å². The highest BCUT2D eigenvalue weighted by molar-refractivity contribution is 6.05. The minimum absolute atomic E-state index is 0.0410. The smallest absolute Gasteiger partial charge is 0.251 e. The Morgan fingerprint density at radius 1 is 1.42 bits per heavy atom. The van der Waals surface area contributed by atoms with Crippen LogP contribution in [0.3, 0.4) is 0 Å². The van der Waals surface area contributed by atoms with Crippen LogP contribution in [0.25, 0.3) is 16.7 Å². The summed E-state index contributed by atoms with van der Waals surface area (Å²) in [5.74, 6) is -1.17. The normalized spacial score (nSPS) is 17.6. The molecule has 7 heteroatoms. The van der Waals surface area contributed by atoms with Crippen molar-refractivity contribution < 1.29 is 9.18 Å². The Hall–Kier alpha value is -2.41.